The fourth-order valence-corrected chi connectivity index (χ4v) is 3.32. The monoisotopic (exact) mass is 436 g/mol. The maximum Gasteiger partial charge on any atom is 0.217 e. The number of rotatable bonds is 3. The second kappa shape index (κ2) is 5.71. The van der Waals surface area contributed by atoms with Crippen LogP contribution in [-0.2, 0) is 16.3 Å². The second-order valence-electron chi connectivity index (χ2n) is 2.74. The molecule has 7 heteroatoms. The average Bonchev–Trinajstić information content (AvgIpc) is 2.16. The van der Waals surface area contributed by atoms with Crippen molar-refractivity contribution in [3.8, 4) is 0 Å². The van der Waals surface area contributed by atoms with Crippen molar-refractivity contribution < 1.29 is 9.42 Å². The average molecular weight is 439 g/mol. The topological polar surface area (TPSA) is 29.5 Å². The van der Waals surface area contributed by atoms with Crippen LogP contribution in [0, 0.1) is 0 Å². The minimum absolute atomic E-state index is 0.218. The molecular formula is C8H8Br3O2PS. The van der Waals surface area contributed by atoms with Gasteiger partial charge < -0.3 is 9.42 Å². The van der Waals surface area contributed by atoms with Crippen molar-refractivity contribution in [1.82, 2.24) is 0 Å². The summed E-state index contributed by atoms with van der Waals surface area (Å²) < 4.78 is 4.77. The summed E-state index contributed by atoms with van der Waals surface area (Å²) in [5.74, 6) is 0. The zero-order valence-electron chi connectivity index (χ0n) is 7.44. The Bertz CT molecular complexity index is 366. The zero-order valence-corrected chi connectivity index (χ0v) is 13.9. The molecule has 0 radical (unpaired) electrons. The van der Waals surface area contributed by atoms with E-state index in [1.807, 2.05) is 18.2 Å². The molecule has 0 aliphatic carbocycles. The van der Waals surface area contributed by atoms with E-state index in [1.165, 1.54) is 0 Å². The number of benzene rings is 1. The van der Waals surface area contributed by atoms with E-state index >= 15 is 0 Å². The predicted molar refractivity (Wildman–Crippen MR) is 78.0 cm³/mol. The second-order valence-corrected chi connectivity index (χ2v) is 13.3. The smallest absolute Gasteiger partial charge is 0.217 e. The van der Waals surface area contributed by atoms with E-state index < -0.39 is 8.63 Å². The summed E-state index contributed by atoms with van der Waals surface area (Å²) >= 11 is 14.9. The highest BCUT2D eigenvalue weighted by atomic mass is 80.0. The third-order valence-electron chi connectivity index (χ3n) is 1.49. The maximum atomic E-state index is 9.99. The van der Waals surface area contributed by atoms with Crippen LogP contribution in [0.5, 0.6) is 0 Å². The first-order chi connectivity index (χ1) is 6.81. The van der Waals surface area contributed by atoms with Crippen LogP contribution in [0.1, 0.15) is 0 Å². The van der Waals surface area contributed by atoms with E-state index in [2.05, 4.69) is 47.8 Å². The molecule has 0 fully saturated rings. The van der Waals surface area contributed by atoms with E-state index in [9.17, 15) is 4.89 Å². The normalized spacial score (nSPS) is 16.0. The molecule has 0 saturated heterocycles. The van der Waals surface area contributed by atoms with Crippen LogP contribution in [0.3, 0.4) is 0 Å². The Balaban J connectivity index is 2.73. The molecule has 1 aromatic carbocycles. The van der Waals surface area contributed by atoms with Gasteiger partial charge in [-0.2, -0.15) is 0 Å². The molecule has 0 saturated carbocycles. The van der Waals surface area contributed by atoms with Crippen LogP contribution in [0.4, 0.5) is 0 Å². The molecule has 15 heavy (non-hydrogen) atoms. The van der Waals surface area contributed by atoms with Crippen LogP contribution in [0.25, 0.3) is 0 Å². The lowest BCUT2D eigenvalue weighted by molar-refractivity contribution is 0.330. The van der Waals surface area contributed by atoms with Gasteiger partial charge in [0.2, 0.25) is 6.49 Å². The Morgan fingerprint density at radius 2 is 1.80 bits per heavy atom. The lowest BCUT2D eigenvalue weighted by Gasteiger charge is -2.19. The van der Waals surface area contributed by atoms with Crippen molar-refractivity contribution in [2.75, 3.05) is 6.61 Å². The van der Waals surface area contributed by atoms with Crippen molar-refractivity contribution >= 4 is 71.4 Å². The van der Waals surface area contributed by atoms with Crippen LogP contribution < -0.4 is 5.30 Å². The molecule has 0 spiro atoms. The molecule has 0 heterocycles. The van der Waals surface area contributed by atoms with E-state index in [0.29, 0.717) is 5.30 Å². The summed E-state index contributed by atoms with van der Waals surface area (Å²) in [5, 5.41) is 0.650. The molecule has 1 unspecified atom stereocenters. The minimum atomic E-state index is -2.90. The molecule has 1 atom stereocenters. The van der Waals surface area contributed by atoms with Gasteiger partial charge in [0.25, 0.3) is 0 Å². The lowest BCUT2D eigenvalue weighted by Crippen LogP contribution is -2.14. The van der Waals surface area contributed by atoms with Crippen LogP contribution in [-0.4, -0.2) is 13.6 Å². The fourth-order valence-electron chi connectivity index (χ4n) is 0.852. The van der Waals surface area contributed by atoms with Gasteiger partial charge in [-0.3, -0.25) is 0 Å². The Kier molecular flexibility index (Phi) is 5.45. The Labute approximate surface area is 119 Å². The summed E-state index contributed by atoms with van der Waals surface area (Å²) in [6.45, 7) is -2.68. The summed E-state index contributed by atoms with van der Waals surface area (Å²) in [4.78, 5) is 9.99. The number of hydrogen-bond donors (Lipinski definition) is 1. The SMILES string of the molecule is OP(=S)(OCC(Br)(Br)Br)c1ccccc1. The molecule has 0 aliphatic rings. The standard InChI is InChI=1S/C8H8Br3O2PS/c9-8(10,11)6-13-14(12,15)7-4-2-1-3-5-7/h1-5H,6H2,(H,12,15). The van der Waals surface area contributed by atoms with Gasteiger partial charge in [-0.15, -0.1) is 0 Å². The van der Waals surface area contributed by atoms with Gasteiger partial charge in [-0.1, -0.05) is 66.0 Å². The van der Waals surface area contributed by atoms with Crippen molar-refractivity contribution in [1.29, 1.82) is 0 Å². The van der Waals surface area contributed by atoms with Gasteiger partial charge in [-0.05, 0) is 23.9 Å². The van der Waals surface area contributed by atoms with Gasteiger partial charge in [0.1, 0.15) is 0 Å². The molecule has 1 aromatic rings. The summed E-state index contributed by atoms with van der Waals surface area (Å²) in [6.07, 6.45) is 0. The summed E-state index contributed by atoms with van der Waals surface area (Å²) in [6, 6.07) is 9.03. The van der Waals surface area contributed by atoms with Crippen LogP contribution >= 0.6 is 54.3 Å². The van der Waals surface area contributed by atoms with E-state index in [-0.39, 0.29) is 6.61 Å². The zero-order chi connectivity index (χ0) is 11.5. The van der Waals surface area contributed by atoms with Gasteiger partial charge in [-0.25, -0.2) is 0 Å². The highest BCUT2D eigenvalue weighted by molar-refractivity contribution is 9.39. The summed E-state index contributed by atoms with van der Waals surface area (Å²) in [5.41, 5.74) is 0. The van der Waals surface area contributed by atoms with Gasteiger partial charge >= 0.3 is 0 Å². The fraction of sp³-hybridized carbons (Fsp3) is 0.250. The molecular weight excluding hydrogens is 431 g/mol. The van der Waals surface area contributed by atoms with Crippen molar-refractivity contribution in [3.63, 3.8) is 0 Å². The third-order valence-corrected chi connectivity index (χ3v) is 4.55. The summed E-state index contributed by atoms with van der Waals surface area (Å²) in [7, 11) is 0. The largest absolute Gasteiger partial charge is 0.342 e. The van der Waals surface area contributed by atoms with Gasteiger partial charge in [0, 0.05) is 5.30 Å². The number of halogens is 3. The van der Waals surface area contributed by atoms with Gasteiger partial charge in [0.15, 0.2) is 2.14 Å². The first-order valence-corrected chi connectivity index (χ1v) is 8.96. The lowest BCUT2D eigenvalue weighted by atomic mass is 10.4. The molecule has 0 aliphatic heterocycles. The highest BCUT2D eigenvalue weighted by Crippen LogP contribution is 2.45. The predicted octanol–water partition coefficient (Wildman–Crippen LogP) is 3.47. The Hall–Kier alpha value is 1.23. The highest BCUT2D eigenvalue weighted by Gasteiger charge is 2.24. The minimum Gasteiger partial charge on any atom is -0.342 e. The van der Waals surface area contributed by atoms with E-state index in [4.69, 9.17) is 16.3 Å². The Morgan fingerprint density at radius 3 is 2.27 bits per heavy atom. The third kappa shape index (κ3) is 5.39. The molecule has 0 aromatic heterocycles. The molecule has 0 amide bonds. The molecule has 1 rings (SSSR count). The Morgan fingerprint density at radius 1 is 1.27 bits per heavy atom. The molecule has 1 N–H and O–H groups in total. The quantitative estimate of drug-likeness (QED) is 0.579. The van der Waals surface area contributed by atoms with Crippen molar-refractivity contribution in [2.45, 2.75) is 2.14 Å². The van der Waals surface area contributed by atoms with Crippen molar-refractivity contribution in [2.24, 2.45) is 0 Å². The first-order valence-electron chi connectivity index (χ1n) is 3.91. The maximum absolute atomic E-state index is 9.99. The number of alkyl halides is 3. The van der Waals surface area contributed by atoms with E-state index in [0.717, 1.165) is 0 Å². The molecule has 0 bridgehead atoms. The number of hydrogen-bond acceptors (Lipinski definition) is 2. The molecule has 2 nitrogen and oxygen atoms in total. The van der Waals surface area contributed by atoms with Crippen LogP contribution in [0.2, 0.25) is 0 Å². The van der Waals surface area contributed by atoms with Crippen molar-refractivity contribution in [3.05, 3.63) is 30.3 Å². The van der Waals surface area contributed by atoms with Gasteiger partial charge in [0.05, 0.1) is 6.61 Å². The first kappa shape index (κ1) is 14.3. The van der Waals surface area contributed by atoms with Crippen LogP contribution in [0.15, 0.2) is 30.3 Å². The van der Waals surface area contributed by atoms with E-state index in [1.54, 1.807) is 12.1 Å². The molecule has 84 valence electrons.